The Bertz CT molecular complexity index is 628. The zero-order valence-electron chi connectivity index (χ0n) is 11.3. The fraction of sp³-hybridized carbons (Fsp3) is 0.214. The van der Waals surface area contributed by atoms with Gasteiger partial charge >= 0.3 is 5.97 Å². The number of nitrogens with zero attached hydrogens (tertiary/aromatic N) is 2. The zero-order chi connectivity index (χ0) is 15.1. The fourth-order valence-electron chi connectivity index (χ4n) is 1.49. The second kappa shape index (κ2) is 7.90. The SMILES string of the molecule is CCOC(=O)/C(=N\OCc1ccccc1)c1csc(Br)n1. The lowest BCUT2D eigenvalue weighted by atomic mass is 10.2. The molecule has 0 saturated heterocycles. The zero-order valence-corrected chi connectivity index (χ0v) is 13.7. The van der Waals surface area contributed by atoms with Crippen LogP contribution in [0, 0.1) is 0 Å². The fourth-order valence-corrected chi connectivity index (χ4v) is 2.49. The molecule has 7 heteroatoms. The molecule has 1 aromatic carbocycles. The molecule has 1 aromatic heterocycles. The lowest BCUT2D eigenvalue weighted by molar-refractivity contribution is -0.135. The molecule has 0 saturated carbocycles. The molecule has 0 unspecified atom stereocenters. The number of esters is 1. The molecule has 0 aliphatic rings. The van der Waals surface area contributed by atoms with Gasteiger partial charge in [0.25, 0.3) is 0 Å². The Hall–Kier alpha value is -1.73. The number of thiazole rings is 1. The first-order valence-corrected chi connectivity index (χ1v) is 7.90. The van der Waals surface area contributed by atoms with E-state index in [1.165, 1.54) is 11.3 Å². The summed E-state index contributed by atoms with van der Waals surface area (Å²) in [5, 5.41) is 5.60. The summed E-state index contributed by atoms with van der Waals surface area (Å²) in [4.78, 5) is 21.3. The Balaban J connectivity index is 2.11. The van der Waals surface area contributed by atoms with Crippen LogP contribution in [-0.2, 0) is 21.0 Å². The van der Waals surface area contributed by atoms with E-state index >= 15 is 0 Å². The summed E-state index contributed by atoms with van der Waals surface area (Å²) < 4.78 is 5.63. The van der Waals surface area contributed by atoms with Gasteiger partial charge in [0.1, 0.15) is 12.3 Å². The minimum Gasteiger partial charge on any atom is -0.461 e. The van der Waals surface area contributed by atoms with Crippen molar-refractivity contribution in [3.63, 3.8) is 0 Å². The van der Waals surface area contributed by atoms with Gasteiger partial charge in [0.05, 0.1) is 6.61 Å². The van der Waals surface area contributed by atoms with Crippen LogP contribution in [0.3, 0.4) is 0 Å². The Labute approximate surface area is 134 Å². The van der Waals surface area contributed by atoms with E-state index in [2.05, 4.69) is 26.1 Å². The quantitative estimate of drug-likeness (QED) is 0.445. The first kappa shape index (κ1) is 15.7. The third-order valence-electron chi connectivity index (χ3n) is 2.42. The molecule has 110 valence electrons. The van der Waals surface area contributed by atoms with Gasteiger partial charge in [-0.1, -0.05) is 35.5 Å². The number of halogens is 1. The van der Waals surface area contributed by atoms with Crippen molar-refractivity contribution < 1.29 is 14.4 Å². The van der Waals surface area contributed by atoms with E-state index in [1.807, 2.05) is 30.3 Å². The molecule has 0 spiro atoms. The van der Waals surface area contributed by atoms with Gasteiger partial charge in [-0.2, -0.15) is 0 Å². The highest BCUT2D eigenvalue weighted by molar-refractivity contribution is 9.11. The molecule has 0 N–H and O–H groups in total. The van der Waals surface area contributed by atoms with E-state index in [0.717, 1.165) is 5.56 Å². The molecule has 0 fully saturated rings. The lowest BCUT2D eigenvalue weighted by Crippen LogP contribution is -2.19. The highest BCUT2D eigenvalue weighted by Crippen LogP contribution is 2.17. The van der Waals surface area contributed by atoms with Crippen LogP contribution in [0.5, 0.6) is 0 Å². The molecule has 0 aliphatic heterocycles. The number of benzene rings is 1. The van der Waals surface area contributed by atoms with E-state index in [1.54, 1.807) is 12.3 Å². The molecule has 5 nitrogen and oxygen atoms in total. The number of ether oxygens (including phenoxy) is 1. The normalized spacial score (nSPS) is 11.2. The molecule has 0 amide bonds. The van der Waals surface area contributed by atoms with Crippen molar-refractivity contribution in [2.75, 3.05) is 6.61 Å². The Morgan fingerprint density at radius 1 is 1.38 bits per heavy atom. The molecule has 0 radical (unpaired) electrons. The van der Waals surface area contributed by atoms with Crippen LogP contribution in [0.4, 0.5) is 0 Å². The molecule has 0 atom stereocenters. The van der Waals surface area contributed by atoms with Crippen molar-refractivity contribution in [1.29, 1.82) is 0 Å². The number of oxime groups is 1. The Morgan fingerprint density at radius 2 is 2.14 bits per heavy atom. The molecule has 21 heavy (non-hydrogen) atoms. The smallest absolute Gasteiger partial charge is 0.362 e. The first-order valence-electron chi connectivity index (χ1n) is 6.23. The summed E-state index contributed by atoms with van der Waals surface area (Å²) in [6.45, 7) is 2.27. The van der Waals surface area contributed by atoms with Gasteiger partial charge < -0.3 is 9.57 Å². The van der Waals surface area contributed by atoms with E-state index < -0.39 is 5.97 Å². The summed E-state index contributed by atoms with van der Waals surface area (Å²) >= 11 is 4.61. The van der Waals surface area contributed by atoms with Crippen LogP contribution in [0.25, 0.3) is 0 Å². The topological polar surface area (TPSA) is 60.8 Å². The van der Waals surface area contributed by atoms with Crippen molar-refractivity contribution >= 4 is 38.9 Å². The molecule has 0 bridgehead atoms. The monoisotopic (exact) mass is 368 g/mol. The van der Waals surface area contributed by atoms with E-state index in [0.29, 0.717) is 9.61 Å². The third-order valence-corrected chi connectivity index (χ3v) is 3.78. The van der Waals surface area contributed by atoms with Gasteiger partial charge in [-0.25, -0.2) is 9.78 Å². The van der Waals surface area contributed by atoms with E-state index in [9.17, 15) is 4.79 Å². The number of carbonyl (C=O) groups excluding carboxylic acids is 1. The standard InChI is InChI=1S/C14H13BrN2O3S/c1-2-19-13(18)12(11-9-21-14(15)16-11)17-20-8-10-6-4-3-5-7-10/h3-7,9H,2,8H2,1H3/b17-12-. The second-order valence-electron chi connectivity index (χ2n) is 3.91. The highest BCUT2D eigenvalue weighted by Gasteiger charge is 2.19. The van der Waals surface area contributed by atoms with Crippen LogP contribution >= 0.6 is 27.3 Å². The Kier molecular flexibility index (Phi) is 5.89. The molecule has 2 aromatic rings. The minimum absolute atomic E-state index is 0.0646. The summed E-state index contributed by atoms with van der Waals surface area (Å²) in [5.41, 5.74) is 1.46. The van der Waals surface area contributed by atoms with Crippen molar-refractivity contribution in [3.8, 4) is 0 Å². The van der Waals surface area contributed by atoms with Gasteiger partial charge in [-0.3, -0.25) is 0 Å². The van der Waals surface area contributed by atoms with Gasteiger partial charge in [-0.05, 0) is 28.4 Å². The summed E-state index contributed by atoms with van der Waals surface area (Å²) in [6, 6.07) is 9.57. The van der Waals surface area contributed by atoms with Crippen LogP contribution in [0.15, 0.2) is 44.8 Å². The van der Waals surface area contributed by atoms with Crippen LogP contribution in [0.1, 0.15) is 18.2 Å². The third kappa shape index (κ3) is 4.64. The molecule has 2 rings (SSSR count). The average molecular weight is 369 g/mol. The lowest BCUT2D eigenvalue weighted by Gasteiger charge is -2.04. The molecular weight excluding hydrogens is 356 g/mol. The summed E-state index contributed by atoms with van der Waals surface area (Å²) in [5.74, 6) is -0.552. The summed E-state index contributed by atoms with van der Waals surface area (Å²) in [7, 11) is 0. The minimum atomic E-state index is -0.552. The Morgan fingerprint density at radius 3 is 2.76 bits per heavy atom. The van der Waals surface area contributed by atoms with Crippen LogP contribution in [-0.4, -0.2) is 23.3 Å². The number of hydrogen-bond acceptors (Lipinski definition) is 6. The van der Waals surface area contributed by atoms with Crippen LogP contribution < -0.4 is 0 Å². The maximum Gasteiger partial charge on any atom is 0.362 e. The predicted octanol–water partition coefficient (Wildman–Crippen LogP) is 3.39. The molecule has 0 aliphatic carbocycles. The number of hydrogen-bond donors (Lipinski definition) is 0. The summed E-state index contributed by atoms with van der Waals surface area (Å²) in [6.07, 6.45) is 0. The van der Waals surface area contributed by atoms with E-state index in [4.69, 9.17) is 9.57 Å². The maximum absolute atomic E-state index is 11.9. The first-order chi connectivity index (χ1) is 10.2. The van der Waals surface area contributed by atoms with Crippen molar-refractivity contribution in [3.05, 3.63) is 50.9 Å². The number of aromatic nitrogens is 1. The number of rotatable bonds is 6. The highest BCUT2D eigenvalue weighted by atomic mass is 79.9. The maximum atomic E-state index is 11.9. The van der Waals surface area contributed by atoms with E-state index in [-0.39, 0.29) is 18.9 Å². The van der Waals surface area contributed by atoms with Crippen molar-refractivity contribution in [1.82, 2.24) is 4.98 Å². The predicted molar refractivity (Wildman–Crippen MR) is 84.2 cm³/mol. The average Bonchev–Trinajstić information content (AvgIpc) is 2.91. The largest absolute Gasteiger partial charge is 0.461 e. The van der Waals surface area contributed by atoms with Gasteiger partial charge in [0.2, 0.25) is 5.71 Å². The van der Waals surface area contributed by atoms with Gasteiger partial charge in [0, 0.05) is 5.38 Å². The van der Waals surface area contributed by atoms with Crippen LogP contribution in [0.2, 0.25) is 0 Å². The molecule has 1 heterocycles. The molecular formula is C14H13BrN2O3S. The second-order valence-corrected chi connectivity index (χ2v) is 6.04. The van der Waals surface area contributed by atoms with Gasteiger partial charge in [0.15, 0.2) is 3.92 Å². The number of carbonyl (C=O) groups is 1. The van der Waals surface area contributed by atoms with Crippen molar-refractivity contribution in [2.45, 2.75) is 13.5 Å². The van der Waals surface area contributed by atoms with Gasteiger partial charge in [-0.15, -0.1) is 11.3 Å². The van der Waals surface area contributed by atoms with Crippen molar-refractivity contribution in [2.24, 2.45) is 5.16 Å².